The first-order chi connectivity index (χ1) is 26.0. The molecule has 0 spiro atoms. The third-order valence-electron chi connectivity index (χ3n) is 10.5. The zero-order chi connectivity index (χ0) is 38.7. The van der Waals surface area contributed by atoms with Crippen LogP contribution in [0.2, 0.25) is 0 Å². The third kappa shape index (κ3) is 39.8. The molecule has 0 bridgehead atoms. The van der Waals surface area contributed by atoms with Crippen LogP contribution in [0.25, 0.3) is 0 Å². The predicted molar refractivity (Wildman–Crippen MR) is 227 cm³/mol. The van der Waals surface area contributed by atoms with Gasteiger partial charge in [0.2, 0.25) is 5.91 Å². The number of nitrogens with one attached hydrogen (secondary N) is 1. The number of rotatable bonds is 42. The Morgan fingerprint density at radius 1 is 0.509 bits per heavy atom. The zero-order valence-corrected chi connectivity index (χ0v) is 35.2. The van der Waals surface area contributed by atoms with Crippen LogP contribution in [-0.2, 0) is 14.3 Å². The molecule has 1 amide bonds. The Labute approximate surface area is 329 Å². The summed E-state index contributed by atoms with van der Waals surface area (Å²) in [6, 6.07) is -0.558. The maximum absolute atomic E-state index is 12.4. The monoisotopic (exact) mass is 748 g/mol. The van der Waals surface area contributed by atoms with E-state index in [1.54, 1.807) is 0 Å². The number of carbonyl (C=O) groups excluding carboxylic acids is 2. The molecule has 0 aromatic rings. The van der Waals surface area contributed by atoms with Crippen molar-refractivity contribution in [2.24, 2.45) is 0 Å². The molecule has 0 aromatic carbocycles. The summed E-state index contributed by atoms with van der Waals surface area (Å²) in [6.45, 7) is 4.85. The molecular formula is C47H89NO5. The van der Waals surface area contributed by atoms with Gasteiger partial charge in [0.05, 0.1) is 25.4 Å². The van der Waals surface area contributed by atoms with E-state index in [2.05, 4.69) is 43.5 Å². The van der Waals surface area contributed by atoms with Gasteiger partial charge in [-0.1, -0.05) is 167 Å². The highest BCUT2D eigenvalue weighted by Gasteiger charge is 2.20. The molecule has 6 nitrogen and oxygen atoms in total. The van der Waals surface area contributed by atoms with Crippen molar-refractivity contribution in [2.75, 3.05) is 13.2 Å². The van der Waals surface area contributed by atoms with E-state index in [1.165, 1.54) is 128 Å². The molecule has 0 saturated heterocycles. The number of hydrogen-bond donors (Lipinski definition) is 3. The zero-order valence-electron chi connectivity index (χ0n) is 35.2. The molecular weight excluding hydrogens is 659 g/mol. The van der Waals surface area contributed by atoms with Gasteiger partial charge in [0, 0.05) is 12.8 Å². The summed E-state index contributed by atoms with van der Waals surface area (Å²) in [4.78, 5) is 24.4. The largest absolute Gasteiger partial charge is 0.466 e. The Hall–Kier alpha value is -1.66. The standard InChI is InChI=1S/C47H89NO5/c1-3-5-7-9-11-13-15-16-21-25-29-33-37-41-47(52)53-42-38-34-30-26-22-18-17-20-24-28-32-36-40-46(51)48-44(43-49)45(50)39-35-31-27-23-19-14-12-10-8-6-4-2/h13,15,18,22,44-45,49-50H,3-12,14,16-17,19-21,23-43H2,1-2H3,(H,48,51)/b15-13-,22-18-. The lowest BCUT2D eigenvalue weighted by Crippen LogP contribution is -2.45. The van der Waals surface area contributed by atoms with E-state index in [4.69, 9.17) is 4.74 Å². The van der Waals surface area contributed by atoms with Crippen molar-refractivity contribution in [1.82, 2.24) is 5.32 Å². The summed E-state index contributed by atoms with van der Waals surface area (Å²) >= 11 is 0. The Morgan fingerprint density at radius 3 is 1.36 bits per heavy atom. The summed E-state index contributed by atoms with van der Waals surface area (Å²) in [7, 11) is 0. The van der Waals surface area contributed by atoms with Crippen LogP contribution in [0, 0.1) is 0 Å². The fraction of sp³-hybridized carbons (Fsp3) is 0.872. The van der Waals surface area contributed by atoms with Gasteiger partial charge in [0.1, 0.15) is 0 Å². The molecule has 2 atom stereocenters. The van der Waals surface area contributed by atoms with E-state index in [0.717, 1.165) is 77.0 Å². The maximum atomic E-state index is 12.4. The quantitative estimate of drug-likeness (QED) is 0.0328. The summed E-state index contributed by atoms with van der Waals surface area (Å²) in [5.74, 6) is -0.0962. The molecule has 312 valence electrons. The lowest BCUT2D eigenvalue weighted by Gasteiger charge is -2.22. The fourth-order valence-electron chi connectivity index (χ4n) is 6.86. The van der Waals surface area contributed by atoms with Crippen LogP contribution in [-0.4, -0.2) is 47.4 Å². The van der Waals surface area contributed by atoms with Crippen molar-refractivity contribution >= 4 is 11.9 Å². The number of aliphatic hydroxyl groups is 2. The second kappa shape index (κ2) is 43.1. The van der Waals surface area contributed by atoms with Crippen molar-refractivity contribution in [2.45, 2.75) is 251 Å². The van der Waals surface area contributed by atoms with Gasteiger partial charge in [-0.15, -0.1) is 0 Å². The molecule has 0 rings (SSSR count). The first kappa shape index (κ1) is 51.3. The average Bonchev–Trinajstić information content (AvgIpc) is 3.16. The number of esters is 1. The van der Waals surface area contributed by atoms with Gasteiger partial charge in [0.15, 0.2) is 0 Å². The smallest absolute Gasteiger partial charge is 0.305 e. The van der Waals surface area contributed by atoms with Crippen molar-refractivity contribution < 1.29 is 24.5 Å². The molecule has 0 aliphatic carbocycles. The first-order valence-electron chi connectivity index (χ1n) is 23.1. The van der Waals surface area contributed by atoms with Crippen LogP contribution in [0.1, 0.15) is 239 Å². The first-order valence-corrected chi connectivity index (χ1v) is 23.1. The molecule has 0 aliphatic heterocycles. The average molecular weight is 748 g/mol. The minimum atomic E-state index is -0.678. The predicted octanol–water partition coefficient (Wildman–Crippen LogP) is 13.2. The van der Waals surface area contributed by atoms with Gasteiger partial charge in [0.25, 0.3) is 0 Å². The highest BCUT2D eigenvalue weighted by atomic mass is 16.5. The SMILES string of the molecule is CCCCCC/C=C\CCCCCCCC(=O)OCCCCC/C=C\CCCCCCCC(=O)NC(CO)C(O)CCCCCCCCCCCCC. The van der Waals surface area contributed by atoms with Gasteiger partial charge in [-0.3, -0.25) is 9.59 Å². The topological polar surface area (TPSA) is 95.9 Å². The van der Waals surface area contributed by atoms with E-state index >= 15 is 0 Å². The Kier molecular flexibility index (Phi) is 41.7. The number of amides is 1. The Bertz CT molecular complexity index is 828. The molecule has 0 aromatic heterocycles. The van der Waals surface area contributed by atoms with Crippen LogP contribution in [0.5, 0.6) is 0 Å². The van der Waals surface area contributed by atoms with Gasteiger partial charge >= 0.3 is 5.97 Å². The summed E-state index contributed by atoms with van der Waals surface area (Å²) < 4.78 is 5.42. The number of allylic oxidation sites excluding steroid dienone is 4. The highest BCUT2D eigenvalue weighted by Crippen LogP contribution is 2.15. The van der Waals surface area contributed by atoms with Crippen molar-refractivity contribution in [3.63, 3.8) is 0 Å². The number of aliphatic hydroxyl groups excluding tert-OH is 2. The molecule has 2 unspecified atom stereocenters. The van der Waals surface area contributed by atoms with Crippen molar-refractivity contribution in [3.05, 3.63) is 24.3 Å². The van der Waals surface area contributed by atoms with E-state index in [1.807, 2.05) is 0 Å². The number of ether oxygens (including phenoxy) is 1. The fourth-order valence-corrected chi connectivity index (χ4v) is 6.86. The van der Waals surface area contributed by atoms with Crippen LogP contribution >= 0.6 is 0 Å². The Morgan fingerprint density at radius 2 is 0.887 bits per heavy atom. The second-order valence-corrected chi connectivity index (χ2v) is 15.7. The van der Waals surface area contributed by atoms with Gasteiger partial charge in [-0.05, 0) is 83.5 Å². The summed E-state index contributed by atoms with van der Waals surface area (Å²) in [5, 5.41) is 23.1. The highest BCUT2D eigenvalue weighted by molar-refractivity contribution is 5.76. The van der Waals surface area contributed by atoms with Crippen molar-refractivity contribution in [1.29, 1.82) is 0 Å². The molecule has 0 heterocycles. The summed E-state index contributed by atoms with van der Waals surface area (Å²) in [6.07, 6.45) is 48.5. The molecule has 53 heavy (non-hydrogen) atoms. The minimum absolute atomic E-state index is 0.0328. The second-order valence-electron chi connectivity index (χ2n) is 15.7. The van der Waals surface area contributed by atoms with E-state index < -0.39 is 12.1 Å². The summed E-state index contributed by atoms with van der Waals surface area (Å²) in [5.41, 5.74) is 0. The van der Waals surface area contributed by atoms with Crippen LogP contribution in [0.3, 0.4) is 0 Å². The lowest BCUT2D eigenvalue weighted by molar-refractivity contribution is -0.143. The number of carbonyl (C=O) groups is 2. The minimum Gasteiger partial charge on any atom is -0.466 e. The molecule has 0 saturated carbocycles. The van der Waals surface area contributed by atoms with Crippen LogP contribution in [0.15, 0.2) is 24.3 Å². The van der Waals surface area contributed by atoms with E-state index in [0.29, 0.717) is 25.9 Å². The molecule has 0 aliphatic rings. The molecule has 0 fully saturated rings. The van der Waals surface area contributed by atoms with E-state index in [-0.39, 0.29) is 18.5 Å². The van der Waals surface area contributed by atoms with Crippen LogP contribution in [0.4, 0.5) is 0 Å². The van der Waals surface area contributed by atoms with Crippen LogP contribution < -0.4 is 5.32 Å². The lowest BCUT2D eigenvalue weighted by atomic mass is 10.0. The van der Waals surface area contributed by atoms with Crippen molar-refractivity contribution in [3.8, 4) is 0 Å². The Balaban J connectivity index is 3.52. The normalized spacial score (nSPS) is 12.9. The number of unbranched alkanes of at least 4 members (excludes halogenated alkanes) is 27. The molecule has 0 radical (unpaired) electrons. The van der Waals surface area contributed by atoms with E-state index in [9.17, 15) is 19.8 Å². The number of hydrogen-bond acceptors (Lipinski definition) is 5. The third-order valence-corrected chi connectivity index (χ3v) is 10.5. The van der Waals surface area contributed by atoms with Gasteiger partial charge < -0.3 is 20.3 Å². The maximum Gasteiger partial charge on any atom is 0.305 e. The van der Waals surface area contributed by atoms with Gasteiger partial charge in [-0.2, -0.15) is 0 Å². The molecule has 3 N–H and O–H groups in total. The molecule has 6 heteroatoms. The van der Waals surface area contributed by atoms with Gasteiger partial charge in [-0.25, -0.2) is 0 Å².